The second-order valence-electron chi connectivity index (χ2n) is 7.24. The van der Waals surface area contributed by atoms with E-state index >= 15 is 0 Å². The molecule has 4 rings (SSSR count). The molecule has 1 aromatic heterocycles. The number of anilines is 1. The van der Waals surface area contributed by atoms with Crippen molar-refractivity contribution in [3.05, 3.63) is 72.4 Å². The molecule has 0 unspecified atom stereocenters. The van der Waals surface area contributed by atoms with Crippen LogP contribution in [0.15, 0.2) is 66.9 Å². The molecule has 1 saturated carbocycles. The Kier molecular flexibility index (Phi) is 5.44. The van der Waals surface area contributed by atoms with Crippen LogP contribution in [0.2, 0.25) is 0 Å². The maximum atomic E-state index is 5.96. The standard InChI is InChI=1S/C23H24N2O2S/c1-23(11-12-23)28-25-21-14-19(15-24-22(21)26-2)18-9-6-10-20(13-18)27-16-17-7-4-3-5-8-17/h3-10,13-15,25H,11-12,16H2,1-2H3. The summed E-state index contributed by atoms with van der Waals surface area (Å²) in [4.78, 5) is 4.48. The number of nitrogens with zero attached hydrogens (tertiary/aromatic N) is 1. The van der Waals surface area contributed by atoms with Gasteiger partial charge in [-0.25, -0.2) is 4.98 Å². The van der Waals surface area contributed by atoms with Crippen molar-refractivity contribution in [2.75, 3.05) is 11.8 Å². The Morgan fingerprint density at radius 3 is 2.61 bits per heavy atom. The first-order chi connectivity index (χ1) is 13.6. The van der Waals surface area contributed by atoms with Gasteiger partial charge in [0.15, 0.2) is 0 Å². The molecule has 0 aliphatic heterocycles. The van der Waals surface area contributed by atoms with Gasteiger partial charge in [0.05, 0.1) is 7.11 Å². The Labute approximate surface area is 170 Å². The monoisotopic (exact) mass is 392 g/mol. The van der Waals surface area contributed by atoms with Gasteiger partial charge in [-0.2, -0.15) is 0 Å². The van der Waals surface area contributed by atoms with Gasteiger partial charge in [-0.15, -0.1) is 0 Å². The van der Waals surface area contributed by atoms with Gasteiger partial charge in [-0.05, 0) is 61.0 Å². The van der Waals surface area contributed by atoms with Crippen LogP contribution in [0.5, 0.6) is 11.6 Å². The normalized spacial score (nSPS) is 14.4. The van der Waals surface area contributed by atoms with E-state index in [1.54, 1.807) is 19.1 Å². The van der Waals surface area contributed by atoms with E-state index in [0.29, 0.717) is 17.2 Å². The van der Waals surface area contributed by atoms with E-state index in [1.165, 1.54) is 12.8 Å². The molecule has 0 amide bonds. The molecule has 1 N–H and O–H groups in total. The molecular formula is C23H24N2O2S. The van der Waals surface area contributed by atoms with Gasteiger partial charge in [0.25, 0.3) is 0 Å². The molecule has 0 radical (unpaired) electrons. The van der Waals surface area contributed by atoms with Crippen LogP contribution in [0.25, 0.3) is 11.1 Å². The molecule has 0 saturated heterocycles. The van der Waals surface area contributed by atoms with Crippen molar-refractivity contribution in [1.82, 2.24) is 4.98 Å². The minimum absolute atomic E-state index is 0.326. The van der Waals surface area contributed by atoms with Crippen molar-refractivity contribution >= 4 is 17.6 Å². The van der Waals surface area contributed by atoms with Gasteiger partial charge in [-0.1, -0.05) is 42.5 Å². The molecule has 2 aromatic carbocycles. The van der Waals surface area contributed by atoms with Gasteiger partial charge < -0.3 is 14.2 Å². The van der Waals surface area contributed by atoms with Crippen LogP contribution >= 0.6 is 11.9 Å². The average molecular weight is 393 g/mol. The zero-order chi connectivity index (χ0) is 19.4. The fourth-order valence-electron chi connectivity index (χ4n) is 2.81. The van der Waals surface area contributed by atoms with Gasteiger partial charge in [0.2, 0.25) is 5.88 Å². The molecule has 0 spiro atoms. The predicted molar refractivity (Wildman–Crippen MR) is 116 cm³/mol. The molecule has 0 atom stereocenters. The van der Waals surface area contributed by atoms with Crippen LogP contribution in [-0.4, -0.2) is 16.8 Å². The molecule has 1 aliphatic carbocycles. The van der Waals surface area contributed by atoms with E-state index in [4.69, 9.17) is 9.47 Å². The third kappa shape index (κ3) is 4.60. The van der Waals surface area contributed by atoms with E-state index in [9.17, 15) is 0 Å². The van der Waals surface area contributed by atoms with Crippen molar-refractivity contribution in [1.29, 1.82) is 0 Å². The number of rotatable bonds is 8. The summed E-state index contributed by atoms with van der Waals surface area (Å²) in [5.41, 5.74) is 4.13. The third-order valence-electron chi connectivity index (χ3n) is 4.82. The summed E-state index contributed by atoms with van der Waals surface area (Å²) >= 11 is 1.75. The van der Waals surface area contributed by atoms with Crippen LogP contribution in [0, 0.1) is 0 Å². The fraction of sp³-hybridized carbons (Fsp3) is 0.261. The Hall–Kier alpha value is -2.66. The molecule has 1 heterocycles. The molecule has 1 aliphatic rings. The zero-order valence-corrected chi connectivity index (χ0v) is 17.0. The summed E-state index contributed by atoms with van der Waals surface area (Å²) in [5.74, 6) is 1.45. The molecule has 3 aromatic rings. The summed E-state index contributed by atoms with van der Waals surface area (Å²) in [7, 11) is 1.65. The Bertz CT molecular complexity index is 942. The molecule has 28 heavy (non-hydrogen) atoms. The number of methoxy groups -OCH3 is 1. The Balaban J connectivity index is 1.51. The summed E-state index contributed by atoms with van der Waals surface area (Å²) in [6, 6.07) is 20.4. The number of nitrogens with one attached hydrogen (secondary N) is 1. The lowest BCUT2D eigenvalue weighted by Crippen LogP contribution is -2.02. The molecular weight excluding hydrogens is 368 g/mol. The maximum Gasteiger partial charge on any atom is 0.237 e. The Morgan fingerprint density at radius 2 is 1.86 bits per heavy atom. The minimum Gasteiger partial charge on any atom is -0.489 e. The third-order valence-corrected chi connectivity index (χ3v) is 6.04. The topological polar surface area (TPSA) is 43.4 Å². The molecule has 5 heteroatoms. The predicted octanol–water partition coefficient (Wildman–Crippen LogP) is 5.95. The van der Waals surface area contributed by atoms with Gasteiger partial charge in [0.1, 0.15) is 18.0 Å². The van der Waals surface area contributed by atoms with Crippen molar-refractivity contribution in [3.8, 4) is 22.8 Å². The number of ether oxygens (including phenoxy) is 2. The number of pyridine rings is 1. The van der Waals surface area contributed by atoms with Crippen molar-refractivity contribution in [3.63, 3.8) is 0 Å². The molecule has 144 valence electrons. The zero-order valence-electron chi connectivity index (χ0n) is 16.1. The fourth-order valence-corrected chi connectivity index (χ4v) is 3.62. The number of benzene rings is 2. The van der Waals surface area contributed by atoms with Crippen LogP contribution in [0.3, 0.4) is 0 Å². The summed E-state index contributed by atoms with van der Waals surface area (Å²) in [6.45, 7) is 2.81. The van der Waals surface area contributed by atoms with Gasteiger partial charge in [0, 0.05) is 16.5 Å². The minimum atomic E-state index is 0.326. The first-order valence-corrected chi connectivity index (χ1v) is 10.2. The first kappa shape index (κ1) is 18.7. The lowest BCUT2D eigenvalue weighted by atomic mass is 10.1. The number of hydrogen-bond donors (Lipinski definition) is 1. The number of aromatic nitrogens is 1. The summed E-state index contributed by atoms with van der Waals surface area (Å²) in [6.07, 6.45) is 4.31. The van der Waals surface area contributed by atoms with Crippen LogP contribution < -0.4 is 14.2 Å². The van der Waals surface area contributed by atoms with Crippen molar-refractivity contribution in [2.24, 2.45) is 0 Å². The van der Waals surface area contributed by atoms with Gasteiger partial charge >= 0.3 is 0 Å². The van der Waals surface area contributed by atoms with E-state index in [-0.39, 0.29) is 0 Å². The van der Waals surface area contributed by atoms with E-state index < -0.39 is 0 Å². The molecule has 0 bridgehead atoms. The highest BCUT2D eigenvalue weighted by Gasteiger charge is 2.38. The SMILES string of the molecule is COc1ncc(-c2cccc(OCc3ccccc3)c2)cc1NSC1(C)CC1. The Morgan fingerprint density at radius 1 is 1.04 bits per heavy atom. The highest BCUT2D eigenvalue weighted by atomic mass is 32.2. The molecule has 1 fully saturated rings. The smallest absolute Gasteiger partial charge is 0.237 e. The number of hydrogen-bond acceptors (Lipinski definition) is 5. The van der Waals surface area contributed by atoms with E-state index in [1.807, 2.05) is 42.6 Å². The summed E-state index contributed by atoms with van der Waals surface area (Å²) < 4.78 is 15.1. The summed E-state index contributed by atoms with van der Waals surface area (Å²) in [5, 5.41) is 0. The lowest BCUT2D eigenvalue weighted by Gasteiger charge is -2.14. The van der Waals surface area contributed by atoms with Crippen molar-refractivity contribution in [2.45, 2.75) is 31.1 Å². The highest BCUT2D eigenvalue weighted by molar-refractivity contribution is 8.02. The first-order valence-electron chi connectivity index (χ1n) is 9.40. The largest absolute Gasteiger partial charge is 0.489 e. The van der Waals surface area contributed by atoms with Crippen LogP contribution in [-0.2, 0) is 6.61 Å². The quantitative estimate of drug-likeness (QED) is 0.480. The lowest BCUT2D eigenvalue weighted by molar-refractivity contribution is 0.306. The second kappa shape index (κ2) is 8.15. The second-order valence-corrected chi connectivity index (χ2v) is 8.63. The van der Waals surface area contributed by atoms with Gasteiger partial charge in [-0.3, -0.25) is 0 Å². The van der Waals surface area contributed by atoms with Crippen LogP contribution in [0.4, 0.5) is 5.69 Å². The van der Waals surface area contributed by atoms with Crippen molar-refractivity contribution < 1.29 is 9.47 Å². The molecule has 4 nitrogen and oxygen atoms in total. The maximum absolute atomic E-state index is 5.96. The van der Waals surface area contributed by atoms with E-state index in [0.717, 1.165) is 28.1 Å². The van der Waals surface area contributed by atoms with E-state index in [2.05, 4.69) is 40.9 Å². The average Bonchev–Trinajstić information content (AvgIpc) is 3.49. The highest BCUT2D eigenvalue weighted by Crippen LogP contribution is 2.48. The van der Waals surface area contributed by atoms with Crippen LogP contribution in [0.1, 0.15) is 25.3 Å².